The van der Waals surface area contributed by atoms with Crippen LogP contribution in [0, 0.1) is 11.8 Å². The highest BCUT2D eigenvalue weighted by atomic mass is 16.5. The number of benzene rings is 1. The number of hydrogen-bond acceptors (Lipinski definition) is 7. The Morgan fingerprint density at radius 2 is 1.88 bits per heavy atom. The number of hydrogen-bond donors (Lipinski definition) is 0. The molecule has 2 aromatic rings. The van der Waals surface area contributed by atoms with E-state index in [1.807, 2.05) is 42.6 Å². The standard InChI is InChI=1S/C27H32N4O3/c1-33-24-10-9-19(16-25(24)34-2)27-26-20(6-5-8-23(26)32)17-31(29-27)22-11-14-30(15-12-22)18-21-7-3-4-13-28-21/h3-5,7-10,13,16,20,22,26H,6,11-12,14-15,17-18H2,1-2H3/t20-,26+/m0/s1. The first kappa shape index (κ1) is 22.6. The van der Waals surface area contributed by atoms with E-state index in [1.165, 1.54) is 0 Å². The summed E-state index contributed by atoms with van der Waals surface area (Å²) in [5.41, 5.74) is 2.89. The molecule has 0 saturated carbocycles. The molecule has 1 aromatic heterocycles. The van der Waals surface area contributed by atoms with E-state index in [-0.39, 0.29) is 17.6 Å². The number of carbonyl (C=O) groups excluding carboxylic acids is 1. The van der Waals surface area contributed by atoms with Gasteiger partial charge in [-0.05, 0) is 61.6 Å². The van der Waals surface area contributed by atoms with Gasteiger partial charge in [0, 0.05) is 44.0 Å². The van der Waals surface area contributed by atoms with Gasteiger partial charge in [-0.2, -0.15) is 5.10 Å². The summed E-state index contributed by atoms with van der Waals surface area (Å²) < 4.78 is 10.9. The lowest BCUT2D eigenvalue weighted by Gasteiger charge is -2.43. The monoisotopic (exact) mass is 460 g/mol. The van der Waals surface area contributed by atoms with Crippen LogP contribution in [0.3, 0.4) is 0 Å². The van der Waals surface area contributed by atoms with Gasteiger partial charge in [-0.3, -0.25) is 19.7 Å². The first-order valence-corrected chi connectivity index (χ1v) is 12.1. The van der Waals surface area contributed by atoms with Crippen molar-refractivity contribution in [1.29, 1.82) is 0 Å². The number of fused-ring (bicyclic) bond motifs is 1. The summed E-state index contributed by atoms with van der Waals surface area (Å²) in [7, 11) is 3.26. The second-order valence-corrected chi connectivity index (χ2v) is 9.28. The smallest absolute Gasteiger partial charge is 0.164 e. The topological polar surface area (TPSA) is 67.3 Å². The number of methoxy groups -OCH3 is 2. The zero-order valence-corrected chi connectivity index (χ0v) is 19.9. The van der Waals surface area contributed by atoms with Crippen molar-refractivity contribution < 1.29 is 14.3 Å². The van der Waals surface area contributed by atoms with Crippen molar-refractivity contribution in [3.63, 3.8) is 0 Å². The largest absolute Gasteiger partial charge is 0.493 e. The van der Waals surface area contributed by atoms with Crippen molar-refractivity contribution in [2.24, 2.45) is 16.9 Å². The average Bonchev–Trinajstić information content (AvgIpc) is 2.89. The number of aromatic nitrogens is 1. The van der Waals surface area contributed by atoms with Crippen LogP contribution in [0.2, 0.25) is 0 Å². The zero-order chi connectivity index (χ0) is 23.5. The lowest BCUT2D eigenvalue weighted by molar-refractivity contribution is -0.118. The molecule has 7 heteroatoms. The fourth-order valence-corrected chi connectivity index (χ4v) is 5.41. The third-order valence-electron chi connectivity index (χ3n) is 7.22. The minimum absolute atomic E-state index is 0.148. The molecule has 3 aliphatic rings. The fraction of sp³-hybridized carbons (Fsp3) is 0.444. The highest BCUT2D eigenvalue weighted by molar-refractivity contribution is 6.17. The molecule has 1 saturated heterocycles. The molecule has 2 aliphatic heterocycles. The maximum atomic E-state index is 12.9. The molecular weight excluding hydrogens is 428 g/mol. The molecule has 1 aromatic carbocycles. The highest BCUT2D eigenvalue weighted by Crippen LogP contribution is 2.36. The predicted molar refractivity (Wildman–Crippen MR) is 131 cm³/mol. The Hall–Kier alpha value is -3.19. The summed E-state index contributed by atoms with van der Waals surface area (Å²) in [6.45, 7) is 3.75. The van der Waals surface area contributed by atoms with Crippen LogP contribution < -0.4 is 9.47 Å². The number of carbonyl (C=O) groups is 1. The molecule has 1 aliphatic carbocycles. The second kappa shape index (κ2) is 9.97. The SMILES string of the molecule is COc1ccc(C2=NN(C3CCN(Cc4ccccn4)CC3)C[C@@H]3CC=CC(=O)[C@H]23)cc1OC. The maximum absolute atomic E-state index is 12.9. The third kappa shape index (κ3) is 4.57. The molecule has 34 heavy (non-hydrogen) atoms. The molecule has 0 N–H and O–H groups in total. The molecular formula is C27H32N4O3. The summed E-state index contributed by atoms with van der Waals surface area (Å²) in [5, 5.41) is 7.38. The average molecular weight is 461 g/mol. The van der Waals surface area contributed by atoms with Gasteiger partial charge in [-0.15, -0.1) is 0 Å². The molecule has 0 spiro atoms. The number of ketones is 1. The van der Waals surface area contributed by atoms with Gasteiger partial charge in [-0.1, -0.05) is 12.1 Å². The van der Waals surface area contributed by atoms with E-state index in [9.17, 15) is 4.79 Å². The normalized spacial score (nSPS) is 23.4. The quantitative estimate of drug-likeness (QED) is 0.657. The molecule has 1 fully saturated rings. The molecule has 5 rings (SSSR count). The van der Waals surface area contributed by atoms with E-state index >= 15 is 0 Å². The lowest BCUT2D eigenvalue weighted by atomic mass is 9.75. The van der Waals surface area contributed by atoms with Gasteiger partial charge >= 0.3 is 0 Å². The van der Waals surface area contributed by atoms with E-state index in [4.69, 9.17) is 14.6 Å². The van der Waals surface area contributed by atoms with Crippen LogP contribution in [0.25, 0.3) is 0 Å². The van der Waals surface area contributed by atoms with Crippen molar-refractivity contribution in [1.82, 2.24) is 14.9 Å². The Balaban J connectivity index is 1.37. The highest BCUT2D eigenvalue weighted by Gasteiger charge is 2.40. The molecule has 178 valence electrons. The summed E-state index contributed by atoms with van der Waals surface area (Å²) in [4.78, 5) is 19.9. The van der Waals surface area contributed by atoms with Gasteiger partial charge in [0.2, 0.25) is 0 Å². The maximum Gasteiger partial charge on any atom is 0.164 e. The summed E-state index contributed by atoms with van der Waals surface area (Å²) in [5.74, 6) is 1.51. The summed E-state index contributed by atoms with van der Waals surface area (Å²) >= 11 is 0. The van der Waals surface area contributed by atoms with E-state index in [0.717, 1.165) is 62.4 Å². The molecule has 0 bridgehead atoms. The first-order chi connectivity index (χ1) is 16.7. The van der Waals surface area contributed by atoms with Crippen LogP contribution in [0.1, 0.15) is 30.5 Å². The van der Waals surface area contributed by atoms with Crippen molar-refractivity contribution in [3.05, 3.63) is 66.0 Å². The van der Waals surface area contributed by atoms with Gasteiger partial charge in [0.15, 0.2) is 17.3 Å². The third-order valence-corrected chi connectivity index (χ3v) is 7.22. The van der Waals surface area contributed by atoms with Crippen LogP contribution >= 0.6 is 0 Å². The number of rotatable bonds is 6. The number of nitrogens with zero attached hydrogens (tertiary/aromatic N) is 4. The van der Waals surface area contributed by atoms with Crippen molar-refractivity contribution in [2.45, 2.75) is 31.8 Å². The van der Waals surface area contributed by atoms with Crippen LogP contribution in [-0.4, -0.2) is 66.3 Å². The molecule has 7 nitrogen and oxygen atoms in total. The Morgan fingerprint density at radius 3 is 2.62 bits per heavy atom. The molecule has 3 heterocycles. The summed E-state index contributed by atoms with van der Waals surface area (Å²) in [6, 6.07) is 12.3. The van der Waals surface area contributed by atoms with E-state index < -0.39 is 0 Å². The Labute approximate surface area is 201 Å². The minimum atomic E-state index is -0.205. The van der Waals surface area contributed by atoms with E-state index in [1.54, 1.807) is 20.3 Å². The Kier molecular flexibility index (Phi) is 6.63. The van der Waals surface area contributed by atoms with Crippen molar-refractivity contribution >= 4 is 11.5 Å². The number of likely N-dealkylation sites (tertiary alicyclic amines) is 1. The van der Waals surface area contributed by atoms with E-state index in [2.05, 4.69) is 21.0 Å². The van der Waals surface area contributed by atoms with Gasteiger partial charge in [0.05, 0.1) is 31.5 Å². The van der Waals surface area contributed by atoms with Crippen LogP contribution in [0.4, 0.5) is 0 Å². The van der Waals surface area contributed by atoms with Crippen molar-refractivity contribution in [2.75, 3.05) is 33.9 Å². The number of hydrazone groups is 1. The fourth-order valence-electron chi connectivity index (χ4n) is 5.41. The minimum Gasteiger partial charge on any atom is -0.493 e. The van der Waals surface area contributed by atoms with Gasteiger partial charge in [0.25, 0.3) is 0 Å². The zero-order valence-electron chi connectivity index (χ0n) is 19.9. The van der Waals surface area contributed by atoms with E-state index in [0.29, 0.717) is 17.5 Å². The summed E-state index contributed by atoms with van der Waals surface area (Å²) in [6.07, 6.45) is 8.61. The van der Waals surface area contributed by atoms with Gasteiger partial charge in [-0.25, -0.2) is 0 Å². The van der Waals surface area contributed by atoms with Crippen LogP contribution in [-0.2, 0) is 11.3 Å². The Morgan fingerprint density at radius 1 is 1.06 bits per heavy atom. The number of pyridine rings is 1. The number of allylic oxidation sites excluding steroid dienone is 2. The first-order valence-electron chi connectivity index (χ1n) is 12.1. The molecule has 2 atom stereocenters. The predicted octanol–water partition coefficient (Wildman–Crippen LogP) is 3.54. The van der Waals surface area contributed by atoms with Gasteiger partial charge in [0.1, 0.15) is 0 Å². The van der Waals surface area contributed by atoms with Crippen LogP contribution in [0.15, 0.2) is 59.8 Å². The van der Waals surface area contributed by atoms with Crippen LogP contribution in [0.5, 0.6) is 11.5 Å². The van der Waals surface area contributed by atoms with Crippen molar-refractivity contribution in [3.8, 4) is 11.5 Å². The number of ether oxygens (including phenoxy) is 2. The number of piperidine rings is 1. The Bertz CT molecular complexity index is 1080. The molecule has 0 radical (unpaired) electrons. The van der Waals surface area contributed by atoms with Gasteiger partial charge < -0.3 is 9.47 Å². The molecule has 0 unspecified atom stereocenters. The lowest BCUT2D eigenvalue weighted by Crippen LogP contribution is -2.50. The second-order valence-electron chi connectivity index (χ2n) is 9.28. The molecule has 0 amide bonds.